The summed E-state index contributed by atoms with van der Waals surface area (Å²) >= 11 is 0. The van der Waals surface area contributed by atoms with E-state index in [1.165, 1.54) is 6.08 Å². The summed E-state index contributed by atoms with van der Waals surface area (Å²) in [4.78, 5) is 25.9. The number of carbonyl (C=O) groups is 2. The number of carbonyl (C=O) groups excluding carboxylic acids is 2. The second kappa shape index (κ2) is 9.59. The zero-order valence-corrected chi connectivity index (χ0v) is 17.3. The van der Waals surface area contributed by atoms with Crippen LogP contribution in [0.1, 0.15) is 57.4 Å². The number of dihydropyridines is 1. The van der Waals surface area contributed by atoms with Crippen molar-refractivity contribution in [3.05, 3.63) is 65.0 Å². The van der Waals surface area contributed by atoms with E-state index in [4.69, 9.17) is 9.47 Å². The van der Waals surface area contributed by atoms with Gasteiger partial charge in [0.05, 0.1) is 18.1 Å². The van der Waals surface area contributed by atoms with Crippen molar-refractivity contribution in [1.29, 1.82) is 0 Å². The summed E-state index contributed by atoms with van der Waals surface area (Å²) in [6.07, 6.45) is 5.61. The van der Waals surface area contributed by atoms with Gasteiger partial charge in [-0.2, -0.15) is 0 Å². The van der Waals surface area contributed by atoms with Crippen molar-refractivity contribution in [1.82, 2.24) is 5.32 Å². The van der Waals surface area contributed by atoms with Crippen molar-refractivity contribution in [2.24, 2.45) is 0 Å². The standard InChI is InChI=1S/C24H29NO4/c1-4-6-15-28-20-13-8-7-10-17(20)22-21(24(27)29-14-5-2)16(3)25-18-11-9-12-19(26)23(18)22/h5,7-8,10,13,22,25H,2,4,6,9,11-12,14-15H2,1,3H3/t22-/m0/s1. The summed E-state index contributed by atoms with van der Waals surface area (Å²) in [5.41, 5.74) is 3.59. The van der Waals surface area contributed by atoms with E-state index in [0.717, 1.165) is 42.6 Å². The number of para-hydroxylation sites is 1. The first-order chi connectivity index (χ1) is 14.1. The van der Waals surface area contributed by atoms with Gasteiger partial charge in [0.25, 0.3) is 0 Å². The number of allylic oxidation sites excluding steroid dienone is 3. The van der Waals surface area contributed by atoms with E-state index < -0.39 is 11.9 Å². The Morgan fingerprint density at radius 2 is 2.10 bits per heavy atom. The molecule has 0 fully saturated rings. The number of nitrogens with one attached hydrogen (secondary N) is 1. The van der Waals surface area contributed by atoms with E-state index in [9.17, 15) is 9.59 Å². The van der Waals surface area contributed by atoms with Crippen LogP contribution in [0.25, 0.3) is 0 Å². The molecule has 1 aromatic carbocycles. The van der Waals surface area contributed by atoms with Crippen molar-refractivity contribution >= 4 is 11.8 Å². The van der Waals surface area contributed by atoms with E-state index in [1.54, 1.807) is 0 Å². The van der Waals surface area contributed by atoms with Crippen molar-refractivity contribution in [2.45, 2.75) is 51.9 Å². The summed E-state index contributed by atoms with van der Waals surface area (Å²) in [6.45, 7) is 8.30. The van der Waals surface area contributed by atoms with Gasteiger partial charge >= 0.3 is 5.97 Å². The summed E-state index contributed by atoms with van der Waals surface area (Å²) in [7, 11) is 0. The summed E-state index contributed by atoms with van der Waals surface area (Å²) < 4.78 is 11.4. The van der Waals surface area contributed by atoms with Gasteiger partial charge < -0.3 is 14.8 Å². The summed E-state index contributed by atoms with van der Waals surface area (Å²) in [5, 5.41) is 3.30. The molecule has 0 saturated heterocycles. The van der Waals surface area contributed by atoms with Gasteiger partial charge in [-0.15, -0.1) is 0 Å². The Kier molecular flexibility index (Phi) is 6.91. The Balaban J connectivity index is 2.10. The zero-order valence-electron chi connectivity index (χ0n) is 17.3. The molecular weight excluding hydrogens is 366 g/mol. The van der Waals surface area contributed by atoms with Crippen molar-refractivity contribution in [3.8, 4) is 5.75 Å². The zero-order chi connectivity index (χ0) is 20.8. The van der Waals surface area contributed by atoms with Crippen molar-refractivity contribution in [3.63, 3.8) is 0 Å². The highest BCUT2D eigenvalue weighted by molar-refractivity contribution is 6.04. The third-order valence-corrected chi connectivity index (χ3v) is 5.31. The first kappa shape index (κ1) is 20.9. The number of hydrogen-bond donors (Lipinski definition) is 1. The molecule has 154 valence electrons. The topological polar surface area (TPSA) is 64.6 Å². The maximum atomic E-state index is 13.0. The van der Waals surface area contributed by atoms with Crippen LogP contribution in [-0.2, 0) is 14.3 Å². The largest absolute Gasteiger partial charge is 0.493 e. The number of esters is 1. The van der Waals surface area contributed by atoms with Gasteiger partial charge in [0.15, 0.2) is 5.78 Å². The fourth-order valence-electron chi connectivity index (χ4n) is 3.95. The first-order valence-electron chi connectivity index (χ1n) is 10.3. The second-order valence-electron chi connectivity index (χ2n) is 7.39. The molecule has 2 aliphatic rings. The lowest BCUT2D eigenvalue weighted by Crippen LogP contribution is -2.34. The highest BCUT2D eigenvalue weighted by Gasteiger charge is 2.40. The molecule has 0 unspecified atom stereocenters. The predicted molar refractivity (Wildman–Crippen MR) is 112 cm³/mol. The maximum absolute atomic E-state index is 13.0. The number of ether oxygens (including phenoxy) is 2. The van der Waals surface area contributed by atoms with Crippen LogP contribution in [0.3, 0.4) is 0 Å². The van der Waals surface area contributed by atoms with Crippen LogP contribution in [0.4, 0.5) is 0 Å². The summed E-state index contributed by atoms with van der Waals surface area (Å²) in [6, 6.07) is 7.68. The quantitative estimate of drug-likeness (QED) is 0.397. The highest BCUT2D eigenvalue weighted by Crippen LogP contribution is 2.45. The van der Waals surface area contributed by atoms with Crippen molar-refractivity contribution < 1.29 is 19.1 Å². The lowest BCUT2D eigenvalue weighted by Gasteiger charge is -2.34. The lowest BCUT2D eigenvalue weighted by atomic mass is 9.75. The molecule has 0 spiro atoms. The Labute approximate surface area is 172 Å². The molecule has 5 heteroatoms. The van der Waals surface area contributed by atoms with E-state index in [1.807, 2.05) is 31.2 Å². The van der Waals surface area contributed by atoms with Gasteiger partial charge in [0, 0.05) is 29.0 Å². The molecule has 1 aromatic rings. The van der Waals surface area contributed by atoms with Gasteiger partial charge in [-0.1, -0.05) is 44.2 Å². The monoisotopic (exact) mass is 395 g/mol. The average molecular weight is 395 g/mol. The van der Waals surface area contributed by atoms with Crippen LogP contribution in [0.5, 0.6) is 5.75 Å². The third-order valence-electron chi connectivity index (χ3n) is 5.31. The summed E-state index contributed by atoms with van der Waals surface area (Å²) in [5.74, 6) is -0.143. The van der Waals surface area contributed by atoms with Crippen LogP contribution in [-0.4, -0.2) is 25.0 Å². The fraction of sp³-hybridized carbons (Fsp3) is 0.417. The molecular formula is C24H29NO4. The molecule has 1 aliphatic carbocycles. The number of unbranched alkanes of at least 4 members (excludes halogenated alkanes) is 1. The molecule has 1 aliphatic heterocycles. The Morgan fingerprint density at radius 1 is 1.31 bits per heavy atom. The van der Waals surface area contributed by atoms with Gasteiger partial charge in [0.2, 0.25) is 0 Å². The minimum absolute atomic E-state index is 0.0774. The van der Waals surface area contributed by atoms with Gasteiger partial charge in [-0.25, -0.2) is 4.79 Å². The molecule has 0 radical (unpaired) electrons. The molecule has 0 aromatic heterocycles. The molecule has 1 atom stereocenters. The van der Waals surface area contributed by atoms with E-state index >= 15 is 0 Å². The predicted octanol–water partition coefficient (Wildman–Crippen LogP) is 4.56. The fourth-order valence-corrected chi connectivity index (χ4v) is 3.95. The molecule has 29 heavy (non-hydrogen) atoms. The second-order valence-corrected chi connectivity index (χ2v) is 7.39. The van der Waals surface area contributed by atoms with Crippen LogP contribution in [0.2, 0.25) is 0 Å². The number of rotatable bonds is 8. The molecule has 3 rings (SSSR count). The third kappa shape index (κ3) is 4.44. The maximum Gasteiger partial charge on any atom is 0.337 e. The normalized spacial score (nSPS) is 18.8. The number of Topliss-reactive ketones (excluding diaryl/α,β-unsaturated/α-hetero) is 1. The Bertz CT molecular complexity index is 865. The number of benzene rings is 1. The van der Waals surface area contributed by atoms with Crippen LogP contribution in [0.15, 0.2) is 59.5 Å². The average Bonchev–Trinajstić information content (AvgIpc) is 2.72. The molecule has 5 nitrogen and oxygen atoms in total. The van der Waals surface area contributed by atoms with Gasteiger partial charge in [-0.3, -0.25) is 4.79 Å². The Hall–Kier alpha value is -2.82. The number of ketones is 1. The van der Waals surface area contributed by atoms with Gasteiger partial charge in [0.1, 0.15) is 12.4 Å². The molecule has 1 heterocycles. The minimum Gasteiger partial charge on any atom is -0.493 e. The molecule has 0 bridgehead atoms. The van der Waals surface area contributed by atoms with Crippen LogP contribution in [0, 0.1) is 0 Å². The molecule has 0 saturated carbocycles. The smallest absolute Gasteiger partial charge is 0.337 e. The Morgan fingerprint density at radius 3 is 2.86 bits per heavy atom. The van der Waals surface area contributed by atoms with Crippen LogP contribution >= 0.6 is 0 Å². The SMILES string of the molecule is C=CCOC(=O)C1=C(C)NC2=C(C(=O)CCC2)[C@H]1c1ccccc1OCCCC. The minimum atomic E-state index is -0.491. The van der Waals surface area contributed by atoms with E-state index in [0.29, 0.717) is 29.9 Å². The van der Waals surface area contributed by atoms with Crippen molar-refractivity contribution in [2.75, 3.05) is 13.2 Å². The highest BCUT2D eigenvalue weighted by atomic mass is 16.5. The van der Waals surface area contributed by atoms with Crippen LogP contribution < -0.4 is 10.1 Å². The van der Waals surface area contributed by atoms with Gasteiger partial charge in [-0.05, 0) is 32.3 Å². The first-order valence-corrected chi connectivity index (χ1v) is 10.3. The van der Waals surface area contributed by atoms with E-state index in [2.05, 4.69) is 18.8 Å². The number of hydrogen-bond acceptors (Lipinski definition) is 5. The van der Waals surface area contributed by atoms with E-state index in [-0.39, 0.29) is 12.4 Å². The molecule has 0 amide bonds. The molecule has 1 N–H and O–H groups in total. The lowest BCUT2D eigenvalue weighted by molar-refractivity contribution is -0.138.